The van der Waals surface area contributed by atoms with Crippen molar-refractivity contribution in [2.45, 2.75) is 40.4 Å². The molecule has 16 heavy (non-hydrogen) atoms. The maximum atomic E-state index is 5.81. The lowest BCUT2D eigenvalue weighted by Gasteiger charge is -2.16. The van der Waals surface area contributed by atoms with Crippen LogP contribution in [-0.4, -0.2) is 19.7 Å². The molecule has 0 spiro atoms. The lowest BCUT2D eigenvalue weighted by Crippen LogP contribution is -2.23. The number of ether oxygens (including phenoxy) is 1. The highest BCUT2D eigenvalue weighted by Crippen LogP contribution is 2.17. The minimum Gasteiger partial charge on any atom is -0.372 e. The van der Waals surface area contributed by atoms with Crippen molar-refractivity contribution >= 4 is 0 Å². The van der Waals surface area contributed by atoms with Crippen LogP contribution in [0.4, 0.5) is 0 Å². The number of aryl methyl sites for hydroxylation is 3. The second kappa shape index (κ2) is 6.02. The maximum absolute atomic E-state index is 5.81. The van der Waals surface area contributed by atoms with E-state index in [0.29, 0.717) is 6.61 Å². The first-order valence-electron chi connectivity index (χ1n) is 5.87. The number of likely N-dealkylation sites (N-methyl/N-ethyl adjacent to an activating group) is 1. The van der Waals surface area contributed by atoms with Crippen molar-refractivity contribution in [3.8, 4) is 0 Å². The first kappa shape index (κ1) is 13.2. The first-order valence-corrected chi connectivity index (χ1v) is 5.87. The number of hydrogen-bond acceptors (Lipinski definition) is 2. The summed E-state index contributed by atoms with van der Waals surface area (Å²) in [6.45, 7) is 10.1. The van der Waals surface area contributed by atoms with E-state index in [1.807, 2.05) is 7.05 Å². The molecule has 0 fully saturated rings. The average Bonchev–Trinajstić information content (AvgIpc) is 2.16. The van der Waals surface area contributed by atoms with Gasteiger partial charge in [0, 0.05) is 6.54 Å². The summed E-state index contributed by atoms with van der Waals surface area (Å²) in [5, 5.41) is 3.12. The van der Waals surface area contributed by atoms with E-state index in [2.05, 4.69) is 45.1 Å². The Hall–Kier alpha value is -0.860. The van der Waals surface area contributed by atoms with Gasteiger partial charge >= 0.3 is 0 Å². The number of hydrogen-bond donors (Lipinski definition) is 1. The van der Waals surface area contributed by atoms with Crippen LogP contribution < -0.4 is 5.32 Å². The van der Waals surface area contributed by atoms with Crippen molar-refractivity contribution in [2.24, 2.45) is 0 Å². The van der Waals surface area contributed by atoms with Crippen LogP contribution in [0.15, 0.2) is 12.1 Å². The standard InChI is InChI=1S/C14H23NO/c1-10-6-11(2)14(12(3)7-10)9-16-13(4)8-15-5/h6-7,13,15H,8-9H2,1-5H3. The number of rotatable bonds is 5. The Kier molecular flexibility index (Phi) is 4.97. The molecule has 0 aliphatic heterocycles. The Morgan fingerprint density at radius 3 is 2.25 bits per heavy atom. The van der Waals surface area contributed by atoms with E-state index in [4.69, 9.17) is 4.74 Å². The van der Waals surface area contributed by atoms with E-state index in [-0.39, 0.29) is 6.10 Å². The summed E-state index contributed by atoms with van der Waals surface area (Å²) in [5.74, 6) is 0. The highest BCUT2D eigenvalue weighted by Gasteiger charge is 2.06. The molecule has 0 aromatic heterocycles. The van der Waals surface area contributed by atoms with Crippen molar-refractivity contribution in [1.29, 1.82) is 0 Å². The minimum absolute atomic E-state index is 0.255. The van der Waals surface area contributed by atoms with Crippen LogP contribution in [0, 0.1) is 20.8 Å². The molecule has 0 amide bonds. The zero-order valence-corrected chi connectivity index (χ0v) is 11.1. The van der Waals surface area contributed by atoms with E-state index < -0.39 is 0 Å². The van der Waals surface area contributed by atoms with Gasteiger partial charge in [0.15, 0.2) is 0 Å². The van der Waals surface area contributed by atoms with Gasteiger partial charge in [-0.3, -0.25) is 0 Å². The average molecular weight is 221 g/mol. The van der Waals surface area contributed by atoms with Crippen LogP contribution >= 0.6 is 0 Å². The Labute approximate surface area is 99.0 Å². The van der Waals surface area contributed by atoms with Crippen LogP contribution in [0.3, 0.4) is 0 Å². The Morgan fingerprint density at radius 2 is 1.75 bits per heavy atom. The highest BCUT2D eigenvalue weighted by atomic mass is 16.5. The number of benzene rings is 1. The van der Waals surface area contributed by atoms with Crippen molar-refractivity contribution in [3.63, 3.8) is 0 Å². The Balaban J connectivity index is 2.67. The molecule has 0 bridgehead atoms. The fourth-order valence-corrected chi connectivity index (χ4v) is 2.01. The summed E-state index contributed by atoms with van der Waals surface area (Å²) in [4.78, 5) is 0. The van der Waals surface area contributed by atoms with Gasteiger partial charge in [0.05, 0.1) is 12.7 Å². The van der Waals surface area contributed by atoms with Gasteiger partial charge in [0.2, 0.25) is 0 Å². The molecular weight excluding hydrogens is 198 g/mol. The Morgan fingerprint density at radius 1 is 1.19 bits per heavy atom. The second-order valence-electron chi connectivity index (χ2n) is 4.56. The van der Waals surface area contributed by atoms with Gasteiger partial charge in [-0.2, -0.15) is 0 Å². The van der Waals surface area contributed by atoms with Gasteiger partial charge in [-0.1, -0.05) is 17.7 Å². The van der Waals surface area contributed by atoms with Crippen LogP contribution in [0.25, 0.3) is 0 Å². The number of nitrogens with one attached hydrogen (secondary N) is 1. The molecule has 1 unspecified atom stereocenters. The molecule has 0 aliphatic carbocycles. The summed E-state index contributed by atoms with van der Waals surface area (Å²) in [7, 11) is 1.95. The highest BCUT2D eigenvalue weighted by molar-refractivity contribution is 5.36. The van der Waals surface area contributed by atoms with E-state index in [1.165, 1.54) is 22.3 Å². The quantitative estimate of drug-likeness (QED) is 0.825. The van der Waals surface area contributed by atoms with Crippen molar-refractivity contribution in [3.05, 3.63) is 34.4 Å². The largest absolute Gasteiger partial charge is 0.372 e. The van der Waals surface area contributed by atoms with Gasteiger partial charge in [-0.05, 0) is 51.4 Å². The molecule has 1 aromatic rings. The predicted molar refractivity (Wildman–Crippen MR) is 68.8 cm³/mol. The molecule has 0 saturated carbocycles. The molecule has 0 heterocycles. The molecule has 1 aromatic carbocycles. The summed E-state index contributed by atoms with van der Waals surface area (Å²) >= 11 is 0. The van der Waals surface area contributed by atoms with Crippen molar-refractivity contribution in [2.75, 3.05) is 13.6 Å². The van der Waals surface area contributed by atoms with Crippen molar-refractivity contribution < 1.29 is 4.74 Å². The van der Waals surface area contributed by atoms with E-state index in [1.54, 1.807) is 0 Å². The van der Waals surface area contributed by atoms with E-state index >= 15 is 0 Å². The van der Waals surface area contributed by atoms with Crippen LogP contribution in [0.1, 0.15) is 29.2 Å². The van der Waals surface area contributed by atoms with Crippen molar-refractivity contribution in [1.82, 2.24) is 5.32 Å². The fraction of sp³-hybridized carbons (Fsp3) is 0.571. The van der Waals surface area contributed by atoms with Crippen LogP contribution in [0.2, 0.25) is 0 Å². The molecule has 1 N–H and O–H groups in total. The van der Waals surface area contributed by atoms with Gasteiger partial charge in [-0.15, -0.1) is 0 Å². The molecule has 0 radical (unpaired) electrons. The monoisotopic (exact) mass is 221 g/mol. The third kappa shape index (κ3) is 3.62. The topological polar surface area (TPSA) is 21.3 Å². The first-order chi connectivity index (χ1) is 7.54. The van der Waals surface area contributed by atoms with E-state index in [0.717, 1.165) is 6.54 Å². The summed E-state index contributed by atoms with van der Waals surface area (Å²) < 4.78 is 5.81. The summed E-state index contributed by atoms with van der Waals surface area (Å²) in [6, 6.07) is 4.43. The zero-order chi connectivity index (χ0) is 12.1. The van der Waals surface area contributed by atoms with Gasteiger partial charge in [0.25, 0.3) is 0 Å². The molecule has 2 nitrogen and oxygen atoms in total. The van der Waals surface area contributed by atoms with E-state index in [9.17, 15) is 0 Å². The normalized spacial score (nSPS) is 12.8. The molecule has 1 rings (SSSR count). The maximum Gasteiger partial charge on any atom is 0.0726 e. The lowest BCUT2D eigenvalue weighted by atomic mass is 10.0. The molecule has 0 aliphatic rings. The lowest BCUT2D eigenvalue weighted by molar-refractivity contribution is 0.0539. The van der Waals surface area contributed by atoms with Gasteiger partial charge in [0.1, 0.15) is 0 Å². The summed E-state index contributed by atoms with van der Waals surface area (Å²) in [6.07, 6.45) is 0.255. The fourth-order valence-electron chi connectivity index (χ4n) is 2.01. The SMILES string of the molecule is CNCC(C)OCc1c(C)cc(C)cc1C. The third-order valence-electron chi connectivity index (χ3n) is 2.84. The van der Waals surface area contributed by atoms with Crippen LogP contribution in [-0.2, 0) is 11.3 Å². The molecule has 90 valence electrons. The third-order valence-corrected chi connectivity index (χ3v) is 2.84. The molecule has 1 atom stereocenters. The molecule has 2 heteroatoms. The van der Waals surface area contributed by atoms with Gasteiger partial charge in [-0.25, -0.2) is 0 Å². The smallest absolute Gasteiger partial charge is 0.0726 e. The molecule has 0 saturated heterocycles. The molecular formula is C14H23NO. The predicted octanol–water partition coefficient (Wildman–Crippen LogP) is 2.74. The second-order valence-corrected chi connectivity index (χ2v) is 4.56. The summed E-state index contributed by atoms with van der Waals surface area (Å²) in [5.41, 5.74) is 5.30. The zero-order valence-electron chi connectivity index (χ0n) is 11.1. The van der Waals surface area contributed by atoms with Crippen LogP contribution in [0.5, 0.6) is 0 Å². The Bertz CT molecular complexity index is 324. The van der Waals surface area contributed by atoms with Gasteiger partial charge < -0.3 is 10.1 Å². The minimum atomic E-state index is 0.255.